The molecule has 0 aliphatic heterocycles. The minimum Gasteiger partial charge on any atom is -0.315 e. The average Bonchev–Trinajstić information content (AvgIpc) is 2.49. The Kier molecular flexibility index (Phi) is 1.73. The van der Waals surface area contributed by atoms with Gasteiger partial charge in [-0.3, -0.25) is 4.57 Å². The van der Waals surface area contributed by atoms with Gasteiger partial charge in [-0.1, -0.05) is 35.5 Å². The van der Waals surface area contributed by atoms with Crippen molar-refractivity contribution in [2.45, 2.75) is 0 Å². The highest BCUT2D eigenvalue weighted by molar-refractivity contribution is 5.53. The number of benzene rings is 1. The molecule has 0 atom stereocenters. The van der Waals surface area contributed by atoms with Gasteiger partial charge in [0.15, 0.2) is 5.82 Å². The predicted molar refractivity (Wildman–Crippen MR) is 46.8 cm³/mol. The molecule has 0 amide bonds. The van der Waals surface area contributed by atoms with Crippen molar-refractivity contribution in [3.8, 4) is 11.4 Å². The highest BCUT2D eigenvalue weighted by Gasteiger charge is 2.05. The molecule has 0 bridgehead atoms. The molecule has 0 radical (unpaired) electrons. The summed E-state index contributed by atoms with van der Waals surface area (Å²) in [6, 6.07) is 9.64. The molecule has 4 nitrogen and oxygen atoms in total. The van der Waals surface area contributed by atoms with E-state index >= 15 is 0 Å². The van der Waals surface area contributed by atoms with Crippen LogP contribution in [0, 0.1) is 5.41 Å². The first-order chi connectivity index (χ1) is 6.29. The van der Waals surface area contributed by atoms with E-state index in [0.29, 0.717) is 5.82 Å². The van der Waals surface area contributed by atoms with Crippen LogP contribution in [-0.2, 0) is 7.05 Å². The van der Waals surface area contributed by atoms with Crippen molar-refractivity contribution in [2.75, 3.05) is 0 Å². The molecule has 0 fully saturated rings. The summed E-state index contributed by atoms with van der Waals surface area (Å²) in [7, 11) is 1.75. The van der Waals surface area contributed by atoms with E-state index in [9.17, 15) is 0 Å². The van der Waals surface area contributed by atoms with Crippen LogP contribution < -0.4 is 5.68 Å². The maximum atomic E-state index is 7.32. The van der Waals surface area contributed by atoms with Crippen molar-refractivity contribution in [2.24, 2.45) is 7.05 Å². The zero-order valence-corrected chi connectivity index (χ0v) is 7.19. The molecule has 2 rings (SSSR count). The Morgan fingerprint density at radius 2 is 2.00 bits per heavy atom. The van der Waals surface area contributed by atoms with Crippen LogP contribution in [0.2, 0.25) is 0 Å². The molecule has 1 heterocycles. The summed E-state index contributed by atoms with van der Waals surface area (Å²) in [6.45, 7) is 0. The van der Waals surface area contributed by atoms with Crippen LogP contribution in [0.5, 0.6) is 0 Å². The molecule has 0 unspecified atom stereocenters. The van der Waals surface area contributed by atoms with Crippen molar-refractivity contribution in [1.29, 1.82) is 5.41 Å². The predicted octanol–water partition coefficient (Wildman–Crippen LogP) is 1.16. The van der Waals surface area contributed by atoms with E-state index in [-0.39, 0.29) is 5.68 Å². The number of hydrogen-bond donors (Lipinski definition) is 1. The molecule has 13 heavy (non-hydrogen) atoms. The highest BCUT2D eigenvalue weighted by Crippen LogP contribution is 2.12. The smallest absolute Gasteiger partial charge is 0.315 e. The lowest BCUT2D eigenvalue weighted by Crippen LogP contribution is -2.10. The Balaban J connectivity index is 2.60. The van der Waals surface area contributed by atoms with Crippen LogP contribution >= 0.6 is 0 Å². The lowest BCUT2D eigenvalue weighted by atomic mass is 10.2. The monoisotopic (exact) mass is 175 g/mol. The van der Waals surface area contributed by atoms with E-state index in [2.05, 4.69) is 5.16 Å². The van der Waals surface area contributed by atoms with Crippen LogP contribution in [0.3, 0.4) is 0 Å². The summed E-state index contributed by atoms with van der Waals surface area (Å²) < 4.78 is 6.32. The van der Waals surface area contributed by atoms with Gasteiger partial charge in [0.1, 0.15) is 0 Å². The molecule has 1 aromatic carbocycles. The Morgan fingerprint density at radius 1 is 1.31 bits per heavy atom. The fourth-order valence-electron chi connectivity index (χ4n) is 1.14. The van der Waals surface area contributed by atoms with Gasteiger partial charge in [0, 0.05) is 12.6 Å². The SMILES string of the molecule is Cn1c(-c2ccccc2)noc1=N. The van der Waals surface area contributed by atoms with Gasteiger partial charge in [-0.25, -0.2) is 5.41 Å². The molecule has 0 saturated carbocycles. The molecule has 66 valence electrons. The van der Waals surface area contributed by atoms with E-state index in [1.807, 2.05) is 30.3 Å². The number of aromatic nitrogens is 2. The summed E-state index contributed by atoms with van der Waals surface area (Å²) in [6.07, 6.45) is 0. The van der Waals surface area contributed by atoms with Gasteiger partial charge in [0.05, 0.1) is 0 Å². The summed E-state index contributed by atoms with van der Waals surface area (Å²) in [5.41, 5.74) is 1.01. The number of nitrogens with one attached hydrogen (secondary N) is 1. The Labute approximate surface area is 74.9 Å². The molecule has 0 spiro atoms. The van der Waals surface area contributed by atoms with Gasteiger partial charge < -0.3 is 4.52 Å². The van der Waals surface area contributed by atoms with Gasteiger partial charge in [-0.2, -0.15) is 0 Å². The fourth-order valence-corrected chi connectivity index (χ4v) is 1.14. The van der Waals surface area contributed by atoms with Crippen molar-refractivity contribution in [1.82, 2.24) is 9.72 Å². The lowest BCUT2D eigenvalue weighted by molar-refractivity contribution is 0.361. The van der Waals surface area contributed by atoms with Crippen LogP contribution in [0.4, 0.5) is 0 Å². The lowest BCUT2D eigenvalue weighted by Gasteiger charge is -1.96. The van der Waals surface area contributed by atoms with Crippen molar-refractivity contribution < 1.29 is 4.52 Å². The van der Waals surface area contributed by atoms with E-state index < -0.39 is 0 Å². The molecule has 0 aliphatic rings. The van der Waals surface area contributed by atoms with Gasteiger partial charge in [-0.05, 0) is 0 Å². The van der Waals surface area contributed by atoms with Crippen LogP contribution in [0.1, 0.15) is 0 Å². The summed E-state index contributed by atoms with van der Waals surface area (Å²) in [4.78, 5) is 0. The van der Waals surface area contributed by atoms with E-state index in [0.717, 1.165) is 5.56 Å². The largest absolute Gasteiger partial charge is 0.320 e. The minimum atomic E-state index is 0.0545. The minimum absolute atomic E-state index is 0.0545. The van der Waals surface area contributed by atoms with Crippen molar-refractivity contribution in [3.63, 3.8) is 0 Å². The summed E-state index contributed by atoms with van der Waals surface area (Å²) in [5, 5.41) is 11.1. The molecule has 1 N–H and O–H groups in total. The first kappa shape index (κ1) is 7.79. The second kappa shape index (κ2) is 2.90. The Bertz CT molecular complexity index is 455. The molecule has 1 aromatic heterocycles. The molecular weight excluding hydrogens is 166 g/mol. The third-order valence-electron chi connectivity index (χ3n) is 1.87. The maximum Gasteiger partial charge on any atom is 0.320 e. The van der Waals surface area contributed by atoms with Gasteiger partial charge in [0.2, 0.25) is 0 Å². The van der Waals surface area contributed by atoms with Crippen molar-refractivity contribution >= 4 is 0 Å². The van der Waals surface area contributed by atoms with Crippen LogP contribution in [-0.4, -0.2) is 9.72 Å². The zero-order valence-electron chi connectivity index (χ0n) is 7.19. The molecule has 4 heteroatoms. The third-order valence-corrected chi connectivity index (χ3v) is 1.87. The number of rotatable bonds is 1. The summed E-state index contributed by atoms with van der Waals surface area (Å²) >= 11 is 0. The van der Waals surface area contributed by atoms with E-state index in [1.165, 1.54) is 0 Å². The molecule has 0 aliphatic carbocycles. The number of hydrogen-bond acceptors (Lipinski definition) is 3. The molecule has 0 saturated heterocycles. The quantitative estimate of drug-likeness (QED) is 0.707. The Hall–Kier alpha value is -1.84. The molecule has 2 aromatic rings. The fraction of sp³-hybridized carbons (Fsp3) is 0.111. The second-order valence-corrected chi connectivity index (χ2v) is 2.74. The standard InChI is InChI=1S/C9H9N3O/c1-12-8(11-13-9(12)10)7-5-3-2-4-6-7/h2-6,10H,1H3. The van der Waals surface area contributed by atoms with Gasteiger partial charge in [0.25, 0.3) is 0 Å². The van der Waals surface area contributed by atoms with E-state index in [4.69, 9.17) is 9.93 Å². The van der Waals surface area contributed by atoms with E-state index in [1.54, 1.807) is 11.6 Å². The van der Waals surface area contributed by atoms with Crippen molar-refractivity contribution in [3.05, 3.63) is 36.0 Å². The first-order valence-corrected chi connectivity index (χ1v) is 3.92. The summed E-state index contributed by atoms with van der Waals surface area (Å²) in [5.74, 6) is 0.672. The first-order valence-electron chi connectivity index (χ1n) is 3.92. The molecular formula is C9H9N3O. The normalized spacial score (nSPS) is 10.2. The Morgan fingerprint density at radius 3 is 2.54 bits per heavy atom. The second-order valence-electron chi connectivity index (χ2n) is 2.74. The average molecular weight is 175 g/mol. The maximum absolute atomic E-state index is 7.32. The van der Waals surface area contributed by atoms with Gasteiger partial charge >= 0.3 is 5.68 Å². The zero-order chi connectivity index (χ0) is 9.26. The highest BCUT2D eigenvalue weighted by atomic mass is 16.5. The van der Waals surface area contributed by atoms with Crippen LogP contribution in [0.25, 0.3) is 11.4 Å². The van der Waals surface area contributed by atoms with Gasteiger partial charge in [-0.15, -0.1) is 0 Å². The topological polar surface area (TPSA) is 54.8 Å². The van der Waals surface area contributed by atoms with Crippen LogP contribution in [0.15, 0.2) is 34.9 Å². The third kappa shape index (κ3) is 1.26. The number of nitrogens with zero attached hydrogens (tertiary/aromatic N) is 2.